The van der Waals surface area contributed by atoms with Gasteiger partial charge < -0.3 is 15.1 Å². The molecule has 0 aromatic heterocycles. The highest BCUT2D eigenvalue weighted by Crippen LogP contribution is 2.38. The molecule has 0 heterocycles. The van der Waals surface area contributed by atoms with Crippen molar-refractivity contribution in [3.8, 4) is 0 Å². The lowest BCUT2D eigenvalue weighted by Gasteiger charge is -2.13. The first-order valence-corrected chi connectivity index (χ1v) is 5.04. The van der Waals surface area contributed by atoms with Crippen molar-refractivity contribution in [3.05, 3.63) is 0 Å². The first-order valence-electron chi connectivity index (χ1n) is 2.83. The van der Waals surface area contributed by atoms with Crippen LogP contribution in [0.4, 0.5) is 0 Å². The highest BCUT2D eigenvalue weighted by molar-refractivity contribution is 7.52. The zero-order chi connectivity index (χ0) is 8.20. The molecule has 0 aliphatic rings. The van der Waals surface area contributed by atoms with E-state index < -0.39 is 13.4 Å². The molecule has 0 bridgehead atoms. The molecular weight excluding hydrogens is 176 g/mol. The Morgan fingerprint density at radius 2 is 2.20 bits per heavy atom. The molecule has 0 rings (SSSR count). The molecule has 0 fully saturated rings. The summed E-state index contributed by atoms with van der Waals surface area (Å²) in [5.41, 5.74) is 0. The normalized spacial score (nSPS) is 15.2. The van der Waals surface area contributed by atoms with Gasteiger partial charge in [0.2, 0.25) is 0 Å². The molecule has 3 N–H and O–H groups in total. The van der Waals surface area contributed by atoms with Crippen LogP contribution in [-0.4, -0.2) is 28.0 Å². The summed E-state index contributed by atoms with van der Waals surface area (Å²) >= 11 is 5.28. The maximum absolute atomic E-state index is 10.4. The van der Waals surface area contributed by atoms with Crippen LogP contribution in [0.15, 0.2) is 0 Å². The number of nitrogens with one attached hydrogen (secondary N) is 1. The van der Waals surface area contributed by atoms with Crippen LogP contribution >= 0.6 is 19.2 Å². The Morgan fingerprint density at radius 1 is 1.70 bits per heavy atom. The lowest BCUT2D eigenvalue weighted by molar-refractivity contribution is 0.352. The van der Waals surface area contributed by atoms with Gasteiger partial charge >= 0.3 is 7.60 Å². The molecular formula is C4H11ClNO3P. The molecule has 0 aromatic carbocycles. The first kappa shape index (κ1) is 10.4. The predicted octanol–water partition coefficient (Wildman–Crippen LogP) is 0.338. The number of halogens is 1. The highest BCUT2D eigenvalue weighted by Gasteiger charge is 2.22. The second kappa shape index (κ2) is 4.31. The maximum atomic E-state index is 10.4. The van der Waals surface area contributed by atoms with E-state index in [1.165, 1.54) is 6.92 Å². The number of hydrogen-bond donors (Lipinski definition) is 3. The van der Waals surface area contributed by atoms with Gasteiger partial charge in [0.25, 0.3) is 0 Å². The first-order chi connectivity index (χ1) is 4.48. The van der Waals surface area contributed by atoms with Crippen molar-refractivity contribution in [1.82, 2.24) is 5.32 Å². The second-order valence-corrected chi connectivity index (χ2v) is 4.24. The van der Waals surface area contributed by atoms with Crippen molar-refractivity contribution in [2.45, 2.75) is 12.7 Å². The van der Waals surface area contributed by atoms with Crippen LogP contribution in [0.3, 0.4) is 0 Å². The Balaban J connectivity index is 3.63. The molecule has 0 aliphatic carbocycles. The van der Waals surface area contributed by atoms with Gasteiger partial charge in [0.05, 0.1) is 0 Å². The highest BCUT2D eigenvalue weighted by atomic mass is 35.5. The Labute approximate surface area is 64.7 Å². The molecule has 0 spiro atoms. The van der Waals surface area contributed by atoms with Gasteiger partial charge in [-0.15, -0.1) is 11.6 Å². The summed E-state index contributed by atoms with van der Waals surface area (Å²) in [5, 5.41) is 2.58. The predicted molar refractivity (Wildman–Crippen MR) is 40.2 cm³/mol. The fourth-order valence-corrected chi connectivity index (χ4v) is 0.858. The van der Waals surface area contributed by atoms with E-state index in [1.54, 1.807) is 0 Å². The minimum atomic E-state index is -3.96. The number of hydrogen-bond acceptors (Lipinski definition) is 2. The van der Waals surface area contributed by atoms with Crippen LogP contribution in [0.5, 0.6) is 0 Å². The Bertz CT molecular complexity index is 136. The molecule has 1 atom stereocenters. The quantitative estimate of drug-likeness (QED) is 0.439. The standard InChI is InChI=1S/C4H11ClNO3P/c1-4(6-3-2-5)10(7,8)9/h4,6H,2-3H2,1H3,(H2,7,8,9). The lowest BCUT2D eigenvalue weighted by atomic mass is 10.6. The zero-order valence-electron chi connectivity index (χ0n) is 5.62. The van der Waals surface area contributed by atoms with Crippen molar-refractivity contribution in [2.24, 2.45) is 0 Å². The molecule has 0 radical (unpaired) electrons. The molecule has 6 heteroatoms. The molecule has 0 amide bonds. The van der Waals surface area contributed by atoms with Crippen LogP contribution in [-0.2, 0) is 4.57 Å². The smallest absolute Gasteiger partial charge is 0.323 e. The third-order valence-electron chi connectivity index (χ3n) is 1.04. The molecule has 0 saturated carbocycles. The van der Waals surface area contributed by atoms with Gasteiger partial charge in [0.1, 0.15) is 5.78 Å². The molecule has 0 aromatic rings. The fraction of sp³-hybridized carbons (Fsp3) is 1.00. The summed E-state index contributed by atoms with van der Waals surface area (Å²) in [6.07, 6.45) is 0. The molecule has 1 unspecified atom stereocenters. The van der Waals surface area contributed by atoms with Crippen molar-refractivity contribution in [3.63, 3.8) is 0 Å². The minimum absolute atomic E-state index is 0.352. The number of alkyl halides is 1. The van der Waals surface area contributed by atoms with E-state index in [9.17, 15) is 4.57 Å². The Morgan fingerprint density at radius 3 is 2.50 bits per heavy atom. The van der Waals surface area contributed by atoms with E-state index in [1.807, 2.05) is 0 Å². The van der Waals surface area contributed by atoms with Crippen LogP contribution < -0.4 is 5.32 Å². The van der Waals surface area contributed by atoms with E-state index in [4.69, 9.17) is 21.4 Å². The Kier molecular flexibility index (Phi) is 4.49. The van der Waals surface area contributed by atoms with E-state index in [0.717, 1.165) is 0 Å². The van der Waals surface area contributed by atoms with Crippen molar-refractivity contribution >= 4 is 19.2 Å². The van der Waals surface area contributed by atoms with Crippen LogP contribution in [0.25, 0.3) is 0 Å². The average Bonchev–Trinajstić information content (AvgIpc) is 1.80. The third kappa shape index (κ3) is 4.25. The summed E-state index contributed by atoms with van der Waals surface area (Å²) in [4.78, 5) is 17.0. The van der Waals surface area contributed by atoms with Gasteiger partial charge in [-0.2, -0.15) is 0 Å². The van der Waals surface area contributed by atoms with Crippen LogP contribution in [0.2, 0.25) is 0 Å². The largest absolute Gasteiger partial charge is 0.342 e. The molecule has 0 aliphatic heterocycles. The van der Waals surface area contributed by atoms with Crippen LogP contribution in [0, 0.1) is 0 Å². The average molecular weight is 188 g/mol. The minimum Gasteiger partial charge on any atom is -0.323 e. The van der Waals surface area contributed by atoms with Crippen molar-refractivity contribution < 1.29 is 14.4 Å². The fourth-order valence-electron chi connectivity index (χ4n) is 0.382. The van der Waals surface area contributed by atoms with Gasteiger partial charge in [-0.1, -0.05) is 0 Å². The topological polar surface area (TPSA) is 69.6 Å². The van der Waals surface area contributed by atoms with E-state index in [-0.39, 0.29) is 0 Å². The summed E-state index contributed by atoms with van der Waals surface area (Å²) < 4.78 is 10.4. The monoisotopic (exact) mass is 187 g/mol. The van der Waals surface area contributed by atoms with Gasteiger partial charge in [-0.25, -0.2) is 0 Å². The van der Waals surface area contributed by atoms with Gasteiger partial charge in [-0.05, 0) is 6.92 Å². The van der Waals surface area contributed by atoms with Gasteiger partial charge in [-0.3, -0.25) is 4.57 Å². The maximum Gasteiger partial charge on any atom is 0.342 e. The zero-order valence-corrected chi connectivity index (χ0v) is 7.27. The van der Waals surface area contributed by atoms with Crippen molar-refractivity contribution in [1.29, 1.82) is 0 Å². The lowest BCUT2D eigenvalue weighted by Crippen LogP contribution is -2.27. The van der Waals surface area contributed by atoms with Crippen molar-refractivity contribution in [2.75, 3.05) is 12.4 Å². The van der Waals surface area contributed by atoms with Crippen LogP contribution in [0.1, 0.15) is 6.92 Å². The van der Waals surface area contributed by atoms with E-state index >= 15 is 0 Å². The van der Waals surface area contributed by atoms with E-state index in [0.29, 0.717) is 12.4 Å². The van der Waals surface area contributed by atoms with E-state index in [2.05, 4.69) is 5.32 Å². The van der Waals surface area contributed by atoms with Gasteiger partial charge in [0.15, 0.2) is 0 Å². The summed E-state index contributed by atoms with van der Waals surface area (Å²) in [6.45, 7) is 1.83. The summed E-state index contributed by atoms with van der Waals surface area (Å²) in [6, 6.07) is 0. The second-order valence-electron chi connectivity index (χ2n) is 1.91. The molecule has 4 nitrogen and oxygen atoms in total. The molecule has 0 saturated heterocycles. The summed E-state index contributed by atoms with van der Waals surface area (Å²) in [7, 11) is -3.96. The molecule has 10 heavy (non-hydrogen) atoms. The number of rotatable bonds is 4. The SMILES string of the molecule is CC(NCCCl)P(=O)(O)O. The van der Waals surface area contributed by atoms with Gasteiger partial charge in [0, 0.05) is 12.4 Å². The molecule has 62 valence electrons. The third-order valence-corrected chi connectivity index (χ3v) is 2.42. The Hall–Kier alpha value is 0.400. The summed E-state index contributed by atoms with van der Waals surface area (Å²) in [5.74, 6) is -0.448.